The van der Waals surface area contributed by atoms with Crippen molar-refractivity contribution < 1.29 is 23.8 Å². The molecule has 1 unspecified atom stereocenters. The molecule has 6 heteroatoms. The first-order chi connectivity index (χ1) is 14.9. The van der Waals surface area contributed by atoms with E-state index in [1.54, 1.807) is 36.4 Å². The Balaban J connectivity index is 1.92. The fourth-order valence-corrected chi connectivity index (χ4v) is 3.67. The first-order valence-electron chi connectivity index (χ1n) is 9.68. The lowest BCUT2D eigenvalue weighted by Gasteiger charge is -2.25. The number of carbonyl (C=O) groups excluding carboxylic acids is 2. The number of Topliss-reactive ketones (excluding diaryl/α,β-unsaturated/α-hetero) is 1. The molecule has 0 saturated carbocycles. The quantitative estimate of drug-likeness (QED) is 0.377. The number of aliphatic hydroxyl groups excluding tert-OH is 1. The first kappa shape index (κ1) is 20.3. The smallest absolute Gasteiger partial charge is 0.300 e. The average Bonchev–Trinajstić information content (AvgIpc) is 3.05. The highest BCUT2D eigenvalue weighted by atomic mass is 19.1. The van der Waals surface area contributed by atoms with Crippen LogP contribution in [-0.4, -0.2) is 23.9 Å². The minimum atomic E-state index is -0.877. The van der Waals surface area contributed by atoms with Crippen molar-refractivity contribution in [3.05, 3.63) is 101 Å². The van der Waals surface area contributed by atoms with Crippen molar-refractivity contribution in [2.24, 2.45) is 0 Å². The molecule has 1 amide bonds. The van der Waals surface area contributed by atoms with Gasteiger partial charge >= 0.3 is 0 Å². The van der Waals surface area contributed by atoms with Crippen LogP contribution in [0.4, 0.5) is 10.1 Å². The predicted molar refractivity (Wildman–Crippen MR) is 115 cm³/mol. The summed E-state index contributed by atoms with van der Waals surface area (Å²) in [5.74, 6) is -1.70. The number of rotatable bonds is 4. The van der Waals surface area contributed by atoms with Crippen molar-refractivity contribution in [1.29, 1.82) is 0 Å². The lowest BCUT2D eigenvalue weighted by molar-refractivity contribution is -0.132. The maximum absolute atomic E-state index is 13.5. The van der Waals surface area contributed by atoms with E-state index in [4.69, 9.17) is 4.74 Å². The van der Waals surface area contributed by atoms with Gasteiger partial charge in [-0.3, -0.25) is 14.5 Å². The van der Waals surface area contributed by atoms with E-state index in [0.717, 1.165) is 5.56 Å². The summed E-state index contributed by atoms with van der Waals surface area (Å²) in [5.41, 5.74) is 2.37. The zero-order valence-corrected chi connectivity index (χ0v) is 17.0. The number of aryl methyl sites for hydroxylation is 1. The van der Waals surface area contributed by atoms with Crippen molar-refractivity contribution in [3.63, 3.8) is 0 Å². The number of nitrogens with zero attached hydrogens (tertiary/aromatic N) is 1. The molecule has 0 bridgehead atoms. The Morgan fingerprint density at radius 1 is 0.935 bits per heavy atom. The van der Waals surface area contributed by atoms with Gasteiger partial charge in [0.1, 0.15) is 17.3 Å². The summed E-state index contributed by atoms with van der Waals surface area (Å²) in [6.07, 6.45) is 0. The van der Waals surface area contributed by atoms with Gasteiger partial charge in [0.25, 0.3) is 11.7 Å². The topological polar surface area (TPSA) is 66.8 Å². The Morgan fingerprint density at radius 2 is 1.55 bits per heavy atom. The number of amides is 1. The van der Waals surface area contributed by atoms with Crippen molar-refractivity contribution in [2.75, 3.05) is 12.0 Å². The highest BCUT2D eigenvalue weighted by Crippen LogP contribution is 2.42. The molecule has 1 aliphatic heterocycles. The number of halogens is 1. The van der Waals surface area contributed by atoms with E-state index in [2.05, 4.69) is 0 Å². The lowest BCUT2D eigenvalue weighted by Crippen LogP contribution is -2.29. The number of benzene rings is 3. The van der Waals surface area contributed by atoms with Crippen LogP contribution in [0.25, 0.3) is 5.76 Å². The molecular formula is C25H20FNO4. The largest absolute Gasteiger partial charge is 0.507 e. The molecule has 1 saturated heterocycles. The van der Waals surface area contributed by atoms with E-state index in [1.165, 1.54) is 36.3 Å². The monoisotopic (exact) mass is 417 g/mol. The zero-order valence-electron chi connectivity index (χ0n) is 17.0. The molecule has 0 radical (unpaired) electrons. The highest BCUT2D eigenvalue weighted by Gasteiger charge is 2.46. The van der Waals surface area contributed by atoms with E-state index < -0.39 is 23.5 Å². The van der Waals surface area contributed by atoms with Gasteiger partial charge in [0.05, 0.1) is 18.7 Å². The lowest BCUT2D eigenvalue weighted by atomic mass is 9.95. The maximum Gasteiger partial charge on any atom is 0.300 e. The molecule has 1 aliphatic rings. The fraction of sp³-hybridized carbons (Fsp3) is 0.120. The van der Waals surface area contributed by atoms with Crippen LogP contribution in [0.2, 0.25) is 0 Å². The van der Waals surface area contributed by atoms with Gasteiger partial charge in [-0.15, -0.1) is 0 Å². The van der Waals surface area contributed by atoms with E-state index in [-0.39, 0.29) is 11.3 Å². The third-order valence-electron chi connectivity index (χ3n) is 5.31. The molecule has 156 valence electrons. The van der Waals surface area contributed by atoms with Gasteiger partial charge in [0, 0.05) is 11.3 Å². The van der Waals surface area contributed by atoms with Crippen molar-refractivity contribution in [3.8, 4) is 5.75 Å². The van der Waals surface area contributed by atoms with Gasteiger partial charge in [0.15, 0.2) is 0 Å². The average molecular weight is 417 g/mol. The predicted octanol–water partition coefficient (Wildman–Crippen LogP) is 4.77. The summed E-state index contributed by atoms with van der Waals surface area (Å²) in [4.78, 5) is 27.3. The number of ether oxygens (including phenoxy) is 1. The second kappa shape index (κ2) is 8.07. The summed E-state index contributed by atoms with van der Waals surface area (Å²) in [7, 11) is 1.54. The number of anilines is 1. The zero-order chi connectivity index (χ0) is 22.1. The minimum absolute atomic E-state index is 0.0247. The molecule has 1 heterocycles. The summed E-state index contributed by atoms with van der Waals surface area (Å²) < 4.78 is 18.7. The minimum Gasteiger partial charge on any atom is -0.507 e. The highest BCUT2D eigenvalue weighted by molar-refractivity contribution is 6.51. The molecule has 5 nitrogen and oxygen atoms in total. The summed E-state index contributed by atoms with van der Waals surface area (Å²) in [6, 6.07) is 18.3. The Labute approximate surface area is 179 Å². The number of hydrogen-bond acceptors (Lipinski definition) is 4. The molecule has 31 heavy (non-hydrogen) atoms. The van der Waals surface area contributed by atoms with E-state index in [9.17, 15) is 19.1 Å². The van der Waals surface area contributed by atoms with E-state index in [1.807, 2.05) is 19.1 Å². The molecular weight excluding hydrogens is 397 g/mol. The molecule has 0 aliphatic carbocycles. The van der Waals surface area contributed by atoms with Crippen molar-refractivity contribution >= 4 is 23.1 Å². The molecule has 3 aromatic rings. The van der Waals surface area contributed by atoms with Crippen LogP contribution in [0.5, 0.6) is 5.75 Å². The van der Waals surface area contributed by atoms with Gasteiger partial charge < -0.3 is 9.84 Å². The standard InChI is InChI=1S/C25H20FNO4/c1-15-3-5-17(6-4-15)23(28)21-22(16-7-13-20(31-2)14-8-16)27(25(30)24(21)29)19-11-9-18(26)10-12-19/h3-14,22,28H,1-2H3/b23-21-. The van der Waals surface area contributed by atoms with Crippen molar-refractivity contribution in [2.45, 2.75) is 13.0 Å². The number of methoxy groups -OCH3 is 1. The SMILES string of the molecule is COc1ccc(C2/C(=C(/O)c3ccc(C)cc3)C(=O)C(=O)N2c2ccc(F)cc2)cc1. The van der Waals surface area contributed by atoms with Gasteiger partial charge in [0.2, 0.25) is 0 Å². The molecule has 1 fully saturated rings. The Hall–Kier alpha value is -3.93. The summed E-state index contributed by atoms with van der Waals surface area (Å²) in [6.45, 7) is 1.91. The van der Waals surface area contributed by atoms with Crippen LogP contribution < -0.4 is 9.64 Å². The second-order valence-electron chi connectivity index (χ2n) is 7.28. The van der Waals surface area contributed by atoms with Crippen LogP contribution >= 0.6 is 0 Å². The number of ketones is 1. The van der Waals surface area contributed by atoms with Gasteiger partial charge in [-0.2, -0.15) is 0 Å². The summed E-state index contributed by atoms with van der Waals surface area (Å²) in [5, 5.41) is 11.0. The first-order valence-corrected chi connectivity index (χ1v) is 9.68. The number of carbonyl (C=O) groups is 2. The second-order valence-corrected chi connectivity index (χ2v) is 7.28. The molecule has 0 spiro atoms. The van der Waals surface area contributed by atoms with Gasteiger partial charge in [-0.05, 0) is 48.9 Å². The molecule has 1 N–H and O–H groups in total. The third-order valence-corrected chi connectivity index (χ3v) is 5.31. The molecule has 1 atom stereocenters. The van der Waals surface area contributed by atoms with Crippen LogP contribution in [0, 0.1) is 12.7 Å². The van der Waals surface area contributed by atoms with Crippen molar-refractivity contribution in [1.82, 2.24) is 0 Å². The Bertz CT molecular complexity index is 1170. The van der Waals surface area contributed by atoms with E-state index >= 15 is 0 Å². The van der Waals surface area contributed by atoms with Gasteiger partial charge in [-0.1, -0.05) is 42.0 Å². The molecule has 0 aromatic heterocycles. The molecule has 3 aromatic carbocycles. The third kappa shape index (κ3) is 3.68. The fourth-order valence-electron chi connectivity index (χ4n) is 3.67. The number of aliphatic hydroxyl groups is 1. The summed E-state index contributed by atoms with van der Waals surface area (Å²) >= 11 is 0. The van der Waals surface area contributed by atoms with Gasteiger partial charge in [-0.25, -0.2) is 4.39 Å². The van der Waals surface area contributed by atoms with Crippen LogP contribution in [-0.2, 0) is 9.59 Å². The Morgan fingerprint density at radius 3 is 2.13 bits per heavy atom. The molecule has 4 rings (SSSR count). The Kier molecular flexibility index (Phi) is 5.29. The van der Waals surface area contributed by atoms with Crippen LogP contribution in [0.1, 0.15) is 22.7 Å². The van der Waals surface area contributed by atoms with Crippen LogP contribution in [0.3, 0.4) is 0 Å². The normalized spacial score (nSPS) is 17.8. The number of hydrogen-bond donors (Lipinski definition) is 1. The van der Waals surface area contributed by atoms with Crippen LogP contribution in [0.15, 0.2) is 78.4 Å². The van der Waals surface area contributed by atoms with E-state index in [0.29, 0.717) is 22.6 Å². The maximum atomic E-state index is 13.5.